The van der Waals surface area contributed by atoms with Crippen LogP contribution in [0.1, 0.15) is 16.4 Å². The smallest absolute Gasteiger partial charge is 0.274 e. The van der Waals surface area contributed by atoms with E-state index in [2.05, 4.69) is 15.3 Å². The number of hydrogen-bond donors (Lipinski definition) is 1. The molecule has 0 radical (unpaired) electrons. The van der Waals surface area contributed by atoms with Gasteiger partial charge in [0, 0.05) is 18.3 Å². The molecule has 4 rings (SSSR count). The zero-order valence-corrected chi connectivity index (χ0v) is 15.4. The Hall–Kier alpha value is -3.13. The van der Waals surface area contributed by atoms with Gasteiger partial charge in [0.1, 0.15) is 17.0 Å². The summed E-state index contributed by atoms with van der Waals surface area (Å²) in [6.07, 6.45) is 3.37. The van der Waals surface area contributed by atoms with Gasteiger partial charge in [0.05, 0.1) is 6.20 Å². The van der Waals surface area contributed by atoms with E-state index in [1.165, 1.54) is 30.1 Å². The molecule has 0 fully saturated rings. The van der Waals surface area contributed by atoms with E-state index in [0.29, 0.717) is 39.2 Å². The predicted octanol–water partition coefficient (Wildman–Crippen LogP) is 4.44. The van der Waals surface area contributed by atoms with E-state index < -0.39 is 0 Å². The molecule has 1 amide bonds. The van der Waals surface area contributed by atoms with Crippen molar-refractivity contribution in [1.82, 2.24) is 14.5 Å². The van der Waals surface area contributed by atoms with Crippen LogP contribution in [0.15, 0.2) is 58.2 Å². The van der Waals surface area contributed by atoms with E-state index >= 15 is 0 Å². The molecular weight excluding hydrogens is 367 g/mol. The lowest BCUT2D eigenvalue weighted by Crippen LogP contribution is -2.16. The fourth-order valence-electron chi connectivity index (χ4n) is 2.79. The molecule has 8 heteroatoms. The molecule has 2 aromatic heterocycles. The summed E-state index contributed by atoms with van der Waals surface area (Å²) in [7, 11) is 0. The number of aryl methyl sites for hydroxylation is 1. The summed E-state index contributed by atoms with van der Waals surface area (Å²) >= 11 is 1.40. The van der Waals surface area contributed by atoms with Gasteiger partial charge in [-0.3, -0.25) is 9.36 Å². The number of halogens is 1. The van der Waals surface area contributed by atoms with Crippen molar-refractivity contribution in [2.75, 3.05) is 11.6 Å². The van der Waals surface area contributed by atoms with Gasteiger partial charge in [-0.1, -0.05) is 11.8 Å². The predicted molar refractivity (Wildman–Crippen MR) is 102 cm³/mol. The number of rotatable bonds is 4. The third-order valence-electron chi connectivity index (χ3n) is 3.98. The van der Waals surface area contributed by atoms with Crippen molar-refractivity contribution in [3.05, 3.63) is 66.1 Å². The molecule has 0 bridgehead atoms. The number of carbonyl (C=O) groups is 1. The summed E-state index contributed by atoms with van der Waals surface area (Å²) in [4.78, 5) is 21.4. The van der Waals surface area contributed by atoms with Gasteiger partial charge in [-0.05, 0) is 48.7 Å². The molecule has 0 unspecified atom stereocenters. The molecule has 27 heavy (non-hydrogen) atoms. The van der Waals surface area contributed by atoms with E-state index in [1.54, 1.807) is 41.8 Å². The van der Waals surface area contributed by atoms with E-state index in [9.17, 15) is 9.18 Å². The van der Waals surface area contributed by atoms with Gasteiger partial charge in [0.25, 0.3) is 5.91 Å². The number of nitrogens with zero attached hydrogens (tertiary/aromatic N) is 3. The van der Waals surface area contributed by atoms with Crippen molar-refractivity contribution in [3.8, 4) is 5.69 Å². The average Bonchev–Trinajstić information content (AvgIpc) is 3.24. The minimum Gasteiger partial charge on any atom is -0.441 e. The average molecular weight is 382 g/mol. The second-order valence-corrected chi connectivity index (χ2v) is 6.58. The highest BCUT2D eigenvalue weighted by Crippen LogP contribution is 2.24. The Morgan fingerprint density at radius 3 is 2.74 bits per heavy atom. The Morgan fingerprint density at radius 1 is 1.22 bits per heavy atom. The van der Waals surface area contributed by atoms with Gasteiger partial charge in [-0.2, -0.15) is 0 Å². The number of aromatic nitrogens is 3. The Labute approximate surface area is 158 Å². The van der Waals surface area contributed by atoms with E-state index in [4.69, 9.17) is 4.42 Å². The maximum Gasteiger partial charge on any atom is 0.274 e. The SMILES string of the molecule is CSc1ncc(C(=O)Nc2ccc3oc(C)nc3c2)n1-c1ccc(F)cc1. The van der Waals surface area contributed by atoms with Crippen molar-refractivity contribution in [3.63, 3.8) is 0 Å². The number of carbonyl (C=O) groups excluding carboxylic acids is 1. The lowest BCUT2D eigenvalue weighted by molar-refractivity contribution is 0.102. The number of thioether (sulfide) groups is 1. The molecule has 0 spiro atoms. The molecule has 0 saturated carbocycles. The summed E-state index contributed by atoms with van der Waals surface area (Å²) in [5, 5.41) is 3.49. The van der Waals surface area contributed by atoms with Crippen LogP contribution in [-0.4, -0.2) is 26.7 Å². The summed E-state index contributed by atoms with van der Waals surface area (Å²) in [5.41, 5.74) is 2.93. The summed E-state index contributed by atoms with van der Waals surface area (Å²) in [6.45, 7) is 1.77. The van der Waals surface area contributed by atoms with E-state index in [1.807, 2.05) is 6.26 Å². The molecule has 0 saturated heterocycles. The quantitative estimate of drug-likeness (QED) is 0.529. The fraction of sp³-hybridized carbons (Fsp3) is 0.105. The molecule has 0 aliphatic carbocycles. The third-order valence-corrected chi connectivity index (χ3v) is 4.64. The Bertz CT molecular complexity index is 1130. The molecule has 6 nitrogen and oxygen atoms in total. The molecular formula is C19H15FN4O2S. The van der Waals surface area contributed by atoms with Gasteiger partial charge >= 0.3 is 0 Å². The van der Waals surface area contributed by atoms with Crippen LogP contribution in [0.5, 0.6) is 0 Å². The van der Waals surface area contributed by atoms with Crippen LogP contribution in [-0.2, 0) is 0 Å². The fourth-order valence-corrected chi connectivity index (χ4v) is 3.34. The first kappa shape index (κ1) is 17.3. The molecule has 136 valence electrons. The van der Waals surface area contributed by atoms with Crippen LogP contribution >= 0.6 is 11.8 Å². The van der Waals surface area contributed by atoms with Gasteiger partial charge in [0.2, 0.25) is 0 Å². The minimum absolute atomic E-state index is 0.327. The number of anilines is 1. The van der Waals surface area contributed by atoms with Crippen LogP contribution in [0, 0.1) is 12.7 Å². The largest absolute Gasteiger partial charge is 0.441 e. The second kappa shape index (κ2) is 6.88. The van der Waals surface area contributed by atoms with Gasteiger partial charge in [-0.15, -0.1) is 0 Å². The molecule has 2 aromatic carbocycles. The van der Waals surface area contributed by atoms with Gasteiger partial charge in [-0.25, -0.2) is 14.4 Å². The van der Waals surface area contributed by atoms with E-state index in [-0.39, 0.29) is 11.7 Å². The van der Waals surface area contributed by atoms with Crippen LogP contribution < -0.4 is 5.32 Å². The Morgan fingerprint density at radius 2 is 2.00 bits per heavy atom. The van der Waals surface area contributed by atoms with Crippen LogP contribution in [0.25, 0.3) is 16.8 Å². The van der Waals surface area contributed by atoms with Crippen LogP contribution in [0.4, 0.5) is 10.1 Å². The van der Waals surface area contributed by atoms with Crippen molar-refractivity contribution in [1.29, 1.82) is 0 Å². The van der Waals surface area contributed by atoms with Crippen molar-refractivity contribution in [2.45, 2.75) is 12.1 Å². The highest BCUT2D eigenvalue weighted by atomic mass is 32.2. The highest BCUT2D eigenvalue weighted by Gasteiger charge is 2.18. The zero-order valence-electron chi connectivity index (χ0n) is 14.6. The first-order chi connectivity index (χ1) is 13.0. The number of benzene rings is 2. The second-order valence-electron chi connectivity index (χ2n) is 5.81. The zero-order chi connectivity index (χ0) is 19.0. The minimum atomic E-state index is -0.341. The first-order valence-corrected chi connectivity index (χ1v) is 9.34. The number of hydrogen-bond acceptors (Lipinski definition) is 5. The molecule has 1 N–H and O–H groups in total. The van der Waals surface area contributed by atoms with E-state index in [0.717, 1.165) is 0 Å². The maximum atomic E-state index is 13.3. The highest BCUT2D eigenvalue weighted by molar-refractivity contribution is 7.98. The molecule has 0 aliphatic rings. The molecule has 0 atom stereocenters. The Kier molecular flexibility index (Phi) is 4.41. The number of amides is 1. The first-order valence-electron chi connectivity index (χ1n) is 8.11. The third kappa shape index (κ3) is 3.31. The number of fused-ring (bicyclic) bond motifs is 1. The van der Waals surface area contributed by atoms with Crippen molar-refractivity contribution in [2.24, 2.45) is 0 Å². The number of nitrogens with one attached hydrogen (secondary N) is 1. The summed E-state index contributed by atoms with van der Waals surface area (Å²) < 4.78 is 20.4. The normalized spacial score (nSPS) is 11.1. The summed E-state index contributed by atoms with van der Waals surface area (Å²) in [5.74, 6) is -0.106. The molecule has 0 aliphatic heterocycles. The van der Waals surface area contributed by atoms with Crippen molar-refractivity contribution >= 4 is 34.5 Å². The van der Waals surface area contributed by atoms with Crippen molar-refractivity contribution < 1.29 is 13.6 Å². The maximum absolute atomic E-state index is 13.3. The van der Waals surface area contributed by atoms with Crippen LogP contribution in [0.2, 0.25) is 0 Å². The number of imidazole rings is 1. The monoisotopic (exact) mass is 382 g/mol. The lowest BCUT2D eigenvalue weighted by Gasteiger charge is -2.11. The Balaban J connectivity index is 1.68. The number of oxazole rings is 1. The van der Waals surface area contributed by atoms with Crippen LogP contribution in [0.3, 0.4) is 0 Å². The summed E-state index contributed by atoms with van der Waals surface area (Å²) in [6, 6.07) is 11.2. The molecule has 4 aromatic rings. The molecule has 2 heterocycles. The standard InChI is InChI=1S/C19H15FN4O2S/c1-11-22-15-9-13(5-8-17(15)26-11)23-18(25)16-10-21-19(27-2)24(16)14-6-3-12(20)4-7-14/h3-10H,1-2H3,(H,23,25). The van der Waals surface area contributed by atoms with Gasteiger partial charge < -0.3 is 9.73 Å². The lowest BCUT2D eigenvalue weighted by atomic mass is 10.2. The van der Waals surface area contributed by atoms with Gasteiger partial charge in [0.15, 0.2) is 16.6 Å². The topological polar surface area (TPSA) is 73.0 Å².